The van der Waals surface area contributed by atoms with Crippen LogP contribution in [0, 0.1) is 5.82 Å². The van der Waals surface area contributed by atoms with Crippen molar-refractivity contribution in [1.29, 1.82) is 0 Å². The van der Waals surface area contributed by atoms with Gasteiger partial charge in [-0.15, -0.1) is 11.3 Å². The Balaban J connectivity index is 1.44. The number of halogens is 1. The van der Waals surface area contributed by atoms with Crippen LogP contribution in [0.15, 0.2) is 36.4 Å². The first-order chi connectivity index (χ1) is 14.5. The number of aryl methyl sites for hydroxylation is 1. The number of esters is 1. The molecule has 0 radical (unpaired) electrons. The first-order valence-electron chi connectivity index (χ1n) is 10.3. The van der Waals surface area contributed by atoms with Crippen LogP contribution in [0.5, 0.6) is 0 Å². The average Bonchev–Trinajstić information content (AvgIpc) is 3.35. The normalized spacial score (nSPS) is 17.4. The van der Waals surface area contributed by atoms with E-state index in [2.05, 4.69) is 0 Å². The number of amides is 1. The molecular weight excluding hydrogens is 405 g/mol. The lowest BCUT2D eigenvalue weighted by Gasteiger charge is -2.25. The molecule has 1 aliphatic heterocycles. The van der Waals surface area contributed by atoms with Crippen molar-refractivity contribution in [1.82, 2.24) is 4.90 Å². The predicted molar refractivity (Wildman–Crippen MR) is 114 cm³/mol. The average molecular weight is 434 g/mol. The van der Waals surface area contributed by atoms with E-state index in [-0.39, 0.29) is 23.7 Å². The highest BCUT2D eigenvalue weighted by Crippen LogP contribution is 2.25. The zero-order valence-corrected chi connectivity index (χ0v) is 18.0. The standard InChI is InChI=1S/C23H28FNO4S/c1-29-23(28)21-12-11-20(30-21)3-2-14-25-18(9-13-22(25)27)8-10-19(26)15-16-4-6-17(24)7-5-16/h4-7,11-12,18-19,26H,2-3,8-10,13-15H2,1H3/t18-,19?/m0/s1. The number of rotatable bonds is 10. The lowest BCUT2D eigenvalue weighted by Crippen LogP contribution is -2.34. The van der Waals surface area contributed by atoms with Crippen molar-refractivity contribution >= 4 is 23.2 Å². The van der Waals surface area contributed by atoms with Gasteiger partial charge >= 0.3 is 5.97 Å². The molecule has 1 aromatic heterocycles. The highest BCUT2D eigenvalue weighted by molar-refractivity contribution is 7.13. The topological polar surface area (TPSA) is 66.8 Å². The number of carbonyl (C=O) groups is 2. The molecule has 162 valence electrons. The number of carbonyl (C=O) groups excluding carboxylic acids is 2. The quantitative estimate of drug-likeness (QED) is 0.576. The fourth-order valence-electron chi connectivity index (χ4n) is 3.93. The molecule has 0 spiro atoms. The molecule has 7 heteroatoms. The summed E-state index contributed by atoms with van der Waals surface area (Å²) in [7, 11) is 1.37. The highest BCUT2D eigenvalue weighted by Gasteiger charge is 2.30. The van der Waals surface area contributed by atoms with Gasteiger partial charge in [0.1, 0.15) is 10.7 Å². The van der Waals surface area contributed by atoms with Crippen LogP contribution in [0.2, 0.25) is 0 Å². The Kier molecular flexibility index (Phi) is 7.99. The van der Waals surface area contributed by atoms with Gasteiger partial charge in [0.15, 0.2) is 0 Å². The molecule has 3 rings (SSSR count). The van der Waals surface area contributed by atoms with Crippen LogP contribution in [0.1, 0.15) is 52.2 Å². The van der Waals surface area contributed by atoms with E-state index in [9.17, 15) is 19.1 Å². The second-order valence-corrected chi connectivity index (χ2v) is 8.87. The van der Waals surface area contributed by atoms with Crippen molar-refractivity contribution < 1.29 is 23.8 Å². The van der Waals surface area contributed by atoms with Gasteiger partial charge in [-0.3, -0.25) is 4.79 Å². The Labute approximate surface area is 180 Å². The number of hydrogen-bond acceptors (Lipinski definition) is 5. The van der Waals surface area contributed by atoms with Gasteiger partial charge in [0.2, 0.25) is 5.91 Å². The molecule has 1 aromatic carbocycles. The Bertz CT molecular complexity index is 851. The molecule has 5 nitrogen and oxygen atoms in total. The van der Waals surface area contributed by atoms with E-state index in [1.54, 1.807) is 18.2 Å². The zero-order chi connectivity index (χ0) is 21.5. The number of thiophene rings is 1. The van der Waals surface area contributed by atoms with Crippen molar-refractivity contribution in [3.63, 3.8) is 0 Å². The van der Waals surface area contributed by atoms with E-state index in [4.69, 9.17) is 4.74 Å². The monoisotopic (exact) mass is 433 g/mol. The number of methoxy groups -OCH3 is 1. The van der Waals surface area contributed by atoms with Gasteiger partial charge in [0.25, 0.3) is 0 Å². The lowest BCUT2D eigenvalue weighted by atomic mass is 10.0. The number of aliphatic hydroxyl groups excluding tert-OH is 1. The first-order valence-corrected chi connectivity index (χ1v) is 11.2. The van der Waals surface area contributed by atoms with Crippen LogP contribution in [-0.2, 0) is 22.4 Å². The molecule has 2 aromatic rings. The Hall–Kier alpha value is -2.25. The summed E-state index contributed by atoms with van der Waals surface area (Å²) in [5.41, 5.74) is 0.908. The molecule has 1 N–H and O–H groups in total. The summed E-state index contributed by atoms with van der Waals surface area (Å²) in [6, 6.07) is 10.1. The van der Waals surface area contributed by atoms with Crippen LogP contribution >= 0.6 is 11.3 Å². The van der Waals surface area contributed by atoms with Crippen molar-refractivity contribution in [2.45, 2.75) is 57.1 Å². The summed E-state index contributed by atoms with van der Waals surface area (Å²) in [5, 5.41) is 10.3. The molecular formula is C23H28FNO4S. The van der Waals surface area contributed by atoms with Crippen LogP contribution in [-0.4, -0.2) is 47.7 Å². The summed E-state index contributed by atoms with van der Waals surface area (Å²) in [5.74, 6) is -0.424. The zero-order valence-electron chi connectivity index (χ0n) is 17.2. The molecule has 1 saturated heterocycles. The smallest absolute Gasteiger partial charge is 0.348 e. The Morgan fingerprint density at radius 3 is 2.80 bits per heavy atom. The molecule has 30 heavy (non-hydrogen) atoms. The van der Waals surface area contributed by atoms with Crippen molar-refractivity contribution in [3.8, 4) is 0 Å². The minimum absolute atomic E-state index is 0.161. The molecule has 2 atom stereocenters. The van der Waals surface area contributed by atoms with Gasteiger partial charge in [-0.25, -0.2) is 9.18 Å². The number of hydrogen-bond donors (Lipinski definition) is 1. The number of nitrogens with zero attached hydrogens (tertiary/aromatic N) is 1. The molecule has 1 aliphatic rings. The molecule has 2 heterocycles. The second-order valence-electron chi connectivity index (χ2n) is 7.70. The van der Waals surface area contributed by atoms with Crippen molar-refractivity contribution in [2.24, 2.45) is 0 Å². The fourth-order valence-corrected chi connectivity index (χ4v) is 4.89. The predicted octanol–water partition coefficient (Wildman–Crippen LogP) is 3.98. The van der Waals surface area contributed by atoms with E-state index < -0.39 is 6.10 Å². The van der Waals surface area contributed by atoms with E-state index in [0.717, 1.165) is 36.1 Å². The fraction of sp³-hybridized carbons (Fsp3) is 0.478. The highest BCUT2D eigenvalue weighted by atomic mass is 32.1. The SMILES string of the molecule is COC(=O)c1ccc(CCCN2C(=O)CC[C@@H]2CCC(O)Cc2ccc(F)cc2)s1. The summed E-state index contributed by atoms with van der Waals surface area (Å²) >= 11 is 1.43. The van der Waals surface area contributed by atoms with Gasteiger partial charge in [0.05, 0.1) is 13.2 Å². The molecule has 1 fully saturated rings. The van der Waals surface area contributed by atoms with Gasteiger partial charge < -0.3 is 14.7 Å². The van der Waals surface area contributed by atoms with Crippen LogP contribution in [0.25, 0.3) is 0 Å². The Morgan fingerprint density at radius 1 is 1.30 bits per heavy atom. The number of aliphatic hydroxyl groups is 1. The summed E-state index contributed by atoms with van der Waals surface area (Å²) in [6.07, 6.45) is 4.39. The van der Waals surface area contributed by atoms with E-state index in [1.807, 2.05) is 11.0 Å². The number of ether oxygens (including phenoxy) is 1. The number of likely N-dealkylation sites (tertiary alicyclic amines) is 1. The third kappa shape index (κ3) is 6.12. The molecule has 0 bridgehead atoms. The van der Waals surface area contributed by atoms with Crippen LogP contribution < -0.4 is 0 Å². The number of benzene rings is 1. The van der Waals surface area contributed by atoms with E-state index in [0.29, 0.717) is 30.7 Å². The minimum Gasteiger partial charge on any atom is -0.465 e. The lowest BCUT2D eigenvalue weighted by molar-refractivity contribution is -0.129. The molecule has 1 unspecified atom stereocenters. The maximum absolute atomic E-state index is 13.0. The van der Waals surface area contributed by atoms with E-state index in [1.165, 1.54) is 30.6 Å². The van der Waals surface area contributed by atoms with Gasteiger partial charge in [-0.1, -0.05) is 12.1 Å². The summed E-state index contributed by atoms with van der Waals surface area (Å²) in [6.45, 7) is 0.684. The maximum Gasteiger partial charge on any atom is 0.348 e. The van der Waals surface area contributed by atoms with Crippen LogP contribution in [0.4, 0.5) is 4.39 Å². The van der Waals surface area contributed by atoms with Crippen LogP contribution in [0.3, 0.4) is 0 Å². The first kappa shape index (κ1) is 22.4. The largest absolute Gasteiger partial charge is 0.465 e. The van der Waals surface area contributed by atoms with Crippen molar-refractivity contribution in [2.75, 3.05) is 13.7 Å². The Morgan fingerprint density at radius 2 is 2.07 bits per heavy atom. The molecule has 1 amide bonds. The molecule has 0 aliphatic carbocycles. The summed E-state index contributed by atoms with van der Waals surface area (Å²) < 4.78 is 17.7. The van der Waals surface area contributed by atoms with Gasteiger partial charge in [-0.2, -0.15) is 0 Å². The second kappa shape index (κ2) is 10.7. The molecule has 0 saturated carbocycles. The van der Waals surface area contributed by atoms with Crippen molar-refractivity contribution in [3.05, 3.63) is 57.5 Å². The third-order valence-electron chi connectivity index (χ3n) is 5.54. The maximum atomic E-state index is 13.0. The van der Waals surface area contributed by atoms with E-state index >= 15 is 0 Å². The third-order valence-corrected chi connectivity index (χ3v) is 6.67. The minimum atomic E-state index is -0.504. The van der Waals surface area contributed by atoms with Gasteiger partial charge in [0, 0.05) is 23.9 Å². The van der Waals surface area contributed by atoms with Gasteiger partial charge in [-0.05, 0) is 68.4 Å². The summed E-state index contributed by atoms with van der Waals surface area (Å²) in [4.78, 5) is 27.5.